The topological polar surface area (TPSA) is 89.0 Å². The van der Waals surface area contributed by atoms with Gasteiger partial charge in [-0.3, -0.25) is 19.5 Å². The average molecular weight is 496 g/mol. The number of amides is 1. The van der Waals surface area contributed by atoms with Crippen LogP contribution in [-0.2, 0) is 16.0 Å². The summed E-state index contributed by atoms with van der Waals surface area (Å²) in [7, 11) is 0. The molecule has 1 saturated heterocycles. The third-order valence-electron chi connectivity index (χ3n) is 5.98. The zero-order valence-corrected chi connectivity index (χ0v) is 18.7. The highest BCUT2D eigenvalue weighted by Crippen LogP contribution is 2.43. The van der Waals surface area contributed by atoms with Gasteiger partial charge in [-0.25, -0.2) is 0 Å². The normalized spacial score (nSPS) is 19.1. The van der Waals surface area contributed by atoms with Crippen LogP contribution in [0, 0.1) is 0 Å². The van der Waals surface area contributed by atoms with Gasteiger partial charge in [-0.05, 0) is 66.4 Å². The number of Topliss-reactive ketones (excluding diaryl/α,β-unsaturated/α-hetero) is 1. The Labute approximate surface area is 203 Å². The minimum Gasteiger partial charge on any atom is -0.507 e. The molecule has 184 valence electrons. The standard InChI is InChI=1S/C26H19F3N2O5/c27-26(28,29)36-19-5-1-4-18(14-19)31-22(15-8-10-30-11-9-15)21(24(33)25(31)34)23(32)17-6-7-20-16(13-17)3-2-12-35-20/h1,4-11,13-14,22,32H,2-3,12H2/b23-21-. The number of halogens is 3. The van der Waals surface area contributed by atoms with Crippen molar-refractivity contribution in [1.29, 1.82) is 0 Å². The van der Waals surface area contributed by atoms with E-state index in [2.05, 4.69) is 9.72 Å². The lowest BCUT2D eigenvalue weighted by Crippen LogP contribution is -2.29. The van der Waals surface area contributed by atoms with Crippen molar-refractivity contribution in [2.45, 2.75) is 25.2 Å². The second-order valence-electron chi connectivity index (χ2n) is 8.27. The van der Waals surface area contributed by atoms with Gasteiger partial charge in [0.05, 0.1) is 18.2 Å². The number of aliphatic hydroxyl groups excluding tert-OH is 1. The number of aromatic nitrogens is 1. The van der Waals surface area contributed by atoms with Crippen molar-refractivity contribution in [2.24, 2.45) is 0 Å². The first-order chi connectivity index (χ1) is 17.2. The lowest BCUT2D eigenvalue weighted by Gasteiger charge is -2.26. The third-order valence-corrected chi connectivity index (χ3v) is 5.98. The quantitative estimate of drug-likeness (QED) is 0.313. The Balaban J connectivity index is 1.65. The molecule has 36 heavy (non-hydrogen) atoms. The second-order valence-corrected chi connectivity index (χ2v) is 8.27. The Morgan fingerprint density at radius 3 is 2.61 bits per heavy atom. The summed E-state index contributed by atoms with van der Waals surface area (Å²) in [5.74, 6) is -2.22. The molecule has 3 heterocycles. The van der Waals surface area contributed by atoms with Crippen molar-refractivity contribution in [1.82, 2.24) is 4.98 Å². The van der Waals surface area contributed by atoms with E-state index >= 15 is 0 Å². The lowest BCUT2D eigenvalue weighted by molar-refractivity contribution is -0.274. The van der Waals surface area contributed by atoms with Crippen molar-refractivity contribution in [2.75, 3.05) is 11.5 Å². The molecule has 7 nitrogen and oxygen atoms in total. The summed E-state index contributed by atoms with van der Waals surface area (Å²) >= 11 is 0. The summed E-state index contributed by atoms with van der Waals surface area (Å²) in [4.78, 5) is 31.4. The van der Waals surface area contributed by atoms with Gasteiger partial charge in [-0.1, -0.05) is 6.07 Å². The number of anilines is 1. The maximum atomic E-state index is 13.2. The number of alkyl halides is 3. The molecular formula is C26H19F3N2O5. The first-order valence-corrected chi connectivity index (χ1v) is 11.1. The number of ketones is 1. The fourth-order valence-electron chi connectivity index (χ4n) is 4.45. The number of hydrogen-bond acceptors (Lipinski definition) is 6. The predicted molar refractivity (Wildman–Crippen MR) is 122 cm³/mol. The van der Waals surface area contributed by atoms with E-state index in [1.165, 1.54) is 24.5 Å². The molecule has 1 unspecified atom stereocenters. The van der Waals surface area contributed by atoms with Crippen molar-refractivity contribution in [3.05, 3.63) is 89.3 Å². The van der Waals surface area contributed by atoms with Crippen LogP contribution in [0.5, 0.6) is 11.5 Å². The van der Waals surface area contributed by atoms with E-state index in [9.17, 15) is 27.9 Å². The van der Waals surface area contributed by atoms with Gasteiger partial charge in [-0.15, -0.1) is 13.2 Å². The van der Waals surface area contributed by atoms with Crippen molar-refractivity contribution in [3.63, 3.8) is 0 Å². The summed E-state index contributed by atoms with van der Waals surface area (Å²) in [5.41, 5.74) is 1.43. The fraction of sp³-hybridized carbons (Fsp3) is 0.192. The summed E-state index contributed by atoms with van der Waals surface area (Å²) in [6.45, 7) is 0.586. The molecule has 0 aliphatic carbocycles. The Morgan fingerprint density at radius 2 is 1.86 bits per heavy atom. The highest BCUT2D eigenvalue weighted by atomic mass is 19.4. The van der Waals surface area contributed by atoms with Crippen LogP contribution in [0.2, 0.25) is 0 Å². The molecule has 2 aliphatic rings. The van der Waals surface area contributed by atoms with Gasteiger partial charge in [0.2, 0.25) is 0 Å². The maximum Gasteiger partial charge on any atom is 0.573 e. The molecule has 2 aliphatic heterocycles. The minimum atomic E-state index is -4.94. The van der Waals surface area contributed by atoms with E-state index in [1.807, 2.05) is 0 Å². The Morgan fingerprint density at radius 1 is 1.08 bits per heavy atom. The smallest absolute Gasteiger partial charge is 0.507 e. The molecular weight excluding hydrogens is 477 g/mol. The number of carbonyl (C=O) groups excluding carboxylic acids is 2. The molecule has 1 amide bonds. The Kier molecular flexibility index (Phi) is 5.87. The zero-order valence-electron chi connectivity index (χ0n) is 18.7. The van der Waals surface area contributed by atoms with Crippen molar-refractivity contribution >= 4 is 23.1 Å². The molecule has 0 radical (unpaired) electrons. The number of nitrogens with zero attached hydrogens (tertiary/aromatic N) is 2. The Bertz CT molecular complexity index is 1370. The molecule has 1 aromatic heterocycles. The number of aliphatic hydroxyl groups is 1. The van der Waals surface area contributed by atoms with Gasteiger partial charge in [0, 0.05) is 29.7 Å². The lowest BCUT2D eigenvalue weighted by atomic mass is 9.94. The van der Waals surface area contributed by atoms with Gasteiger partial charge in [0.15, 0.2) is 0 Å². The summed E-state index contributed by atoms with van der Waals surface area (Å²) in [6.07, 6.45) is -0.503. The third kappa shape index (κ3) is 4.37. The average Bonchev–Trinajstić information content (AvgIpc) is 3.13. The van der Waals surface area contributed by atoms with Crippen LogP contribution in [0.1, 0.15) is 29.2 Å². The summed E-state index contributed by atoms with van der Waals surface area (Å²) in [6, 6.07) is 11.8. The van der Waals surface area contributed by atoms with Gasteiger partial charge in [0.1, 0.15) is 17.3 Å². The highest BCUT2D eigenvalue weighted by Gasteiger charge is 2.47. The molecule has 5 rings (SSSR count). The SMILES string of the molecule is O=C1C(=O)N(c2cccc(OC(F)(F)F)c2)C(c2ccncc2)/C1=C(/O)c1ccc2c(c1)CCCO2. The maximum absolute atomic E-state index is 13.2. The van der Waals surface area contributed by atoms with Crippen LogP contribution in [0.3, 0.4) is 0 Å². The molecule has 0 saturated carbocycles. The van der Waals surface area contributed by atoms with Crippen molar-refractivity contribution < 1.29 is 37.3 Å². The summed E-state index contributed by atoms with van der Waals surface area (Å²) in [5, 5.41) is 11.3. The van der Waals surface area contributed by atoms with E-state index in [4.69, 9.17) is 4.74 Å². The first kappa shape index (κ1) is 23.4. The Hall–Kier alpha value is -4.34. The van der Waals surface area contributed by atoms with E-state index in [-0.39, 0.29) is 11.3 Å². The molecule has 3 aromatic rings. The van der Waals surface area contributed by atoms with Crippen LogP contribution in [-0.4, -0.2) is 34.8 Å². The highest BCUT2D eigenvalue weighted by molar-refractivity contribution is 6.51. The van der Waals surface area contributed by atoms with Crippen LogP contribution in [0.25, 0.3) is 5.76 Å². The van der Waals surface area contributed by atoms with E-state index in [0.29, 0.717) is 23.5 Å². The molecule has 0 bridgehead atoms. The molecule has 1 atom stereocenters. The number of pyridine rings is 1. The minimum absolute atomic E-state index is 0.00134. The molecule has 1 fully saturated rings. The number of ether oxygens (including phenoxy) is 2. The second kappa shape index (κ2) is 9.03. The van der Waals surface area contributed by atoms with Crippen molar-refractivity contribution in [3.8, 4) is 11.5 Å². The fourth-order valence-corrected chi connectivity index (χ4v) is 4.45. The molecule has 10 heteroatoms. The predicted octanol–water partition coefficient (Wildman–Crippen LogP) is 4.93. The van der Waals surface area contributed by atoms with Gasteiger partial charge in [0.25, 0.3) is 11.7 Å². The number of fused-ring (bicyclic) bond motifs is 1. The molecule has 1 N–H and O–H groups in total. The van der Waals surface area contributed by atoms with Gasteiger partial charge in [-0.2, -0.15) is 0 Å². The number of hydrogen-bond donors (Lipinski definition) is 1. The van der Waals surface area contributed by atoms with Gasteiger partial charge >= 0.3 is 6.36 Å². The first-order valence-electron chi connectivity index (χ1n) is 11.1. The van der Waals surface area contributed by atoms with E-state index < -0.39 is 35.6 Å². The number of rotatable bonds is 4. The number of aryl methyl sites for hydroxylation is 1. The van der Waals surface area contributed by atoms with Crippen LogP contribution in [0.4, 0.5) is 18.9 Å². The summed E-state index contributed by atoms with van der Waals surface area (Å²) < 4.78 is 48.0. The monoisotopic (exact) mass is 496 g/mol. The van der Waals surface area contributed by atoms with E-state index in [1.54, 1.807) is 30.3 Å². The van der Waals surface area contributed by atoms with Crippen LogP contribution < -0.4 is 14.4 Å². The van der Waals surface area contributed by atoms with Gasteiger partial charge < -0.3 is 14.6 Å². The largest absolute Gasteiger partial charge is 0.573 e. The van der Waals surface area contributed by atoms with Crippen LogP contribution in [0.15, 0.2) is 72.6 Å². The zero-order chi connectivity index (χ0) is 25.4. The van der Waals surface area contributed by atoms with Crippen LogP contribution >= 0.6 is 0 Å². The molecule has 0 spiro atoms. The number of benzene rings is 2. The van der Waals surface area contributed by atoms with E-state index in [0.717, 1.165) is 35.4 Å². The number of carbonyl (C=O) groups is 2. The molecule has 2 aromatic carbocycles.